The normalized spacial score (nSPS) is 13.5. The number of hydrogen-bond acceptors (Lipinski definition) is 3. The quantitative estimate of drug-likeness (QED) is 0.756. The van der Waals surface area contributed by atoms with Gasteiger partial charge in [0, 0.05) is 18.5 Å². The molecule has 0 saturated carbocycles. The molecule has 1 atom stereocenters. The standard InChI is InChI=1S/C9H12ClN3/c1-2-8(11)6-13-9-4-3-7(10)5-12-9/h3-6,8H,2,11H2,1H3/t8-/m0/s1. The van der Waals surface area contributed by atoms with E-state index in [1.165, 1.54) is 0 Å². The average Bonchev–Trinajstić information content (AvgIpc) is 2.16. The molecule has 0 fully saturated rings. The van der Waals surface area contributed by atoms with Gasteiger partial charge in [-0.25, -0.2) is 9.98 Å². The number of aliphatic imine (C=N–C) groups is 1. The lowest BCUT2D eigenvalue weighted by molar-refractivity contribution is 0.833. The molecule has 13 heavy (non-hydrogen) atoms. The predicted molar refractivity (Wildman–Crippen MR) is 55.7 cm³/mol. The summed E-state index contributed by atoms with van der Waals surface area (Å²) in [6.07, 6.45) is 4.12. The summed E-state index contributed by atoms with van der Waals surface area (Å²) >= 11 is 5.66. The fourth-order valence-corrected chi connectivity index (χ4v) is 0.834. The maximum Gasteiger partial charge on any atom is 0.151 e. The Morgan fingerprint density at radius 1 is 1.69 bits per heavy atom. The fourth-order valence-electron chi connectivity index (χ4n) is 0.722. The zero-order valence-corrected chi connectivity index (χ0v) is 8.20. The number of halogens is 1. The van der Waals surface area contributed by atoms with Gasteiger partial charge in [0.05, 0.1) is 5.02 Å². The summed E-state index contributed by atoms with van der Waals surface area (Å²) in [5, 5.41) is 0.610. The number of nitrogens with two attached hydrogens (primary N) is 1. The Morgan fingerprint density at radius 3 is 3.00 bits per heavy atom. The van der Waals surface area contributed by atoms with Crippen molar-refractivity contribution in [1.82, 2.24) is 4.98 Å². The van der Waals surface area contributed by atoms with Crippen molar-refractivity contribution >= 4 is 23.6 Å². The van der Waals surface area contributed by atoms with Crippen molar-refractivity contribution in [1.29, 1.82) is 0 Å². The van der Waals surface area contributed by atoms with Crippen LogP contribution >= 0.6 is 11.6 Å². The van der Waals surface area contributed by atoms with Crippen molar-refractivity contribution in [2.75, 3.05) is 0 Å². The van der Waals surface area contributed by atoms with Crippen LogP contribution in [0.15, 0.2) is 23.3 Å². The van der Waals surface area contributed by atoms with E-state index < -0.39 is 0 Å². The van der Waals surface area contributed by atoms with Crippen LogP contribution < -0.4 is 5.73 Å². The SMILES string of the molecule is CC[C@H](N)C=Nc1ccc(Cl)cn1. The Balaban J connectivity index is 2.64. The Labute approximate surface area is 82.6 Å². The third-order valence-corrected chi connectivity index (χ3v) is 1.81. The van der Waals surface area contributed by atoms with Crippen LogP contribution in [0.2, 0.25) is 5.02 Å². The lowest BCUT2D eigenvalue weighted by Crippen LogP contribution is -2.19. The van der Waals surface area contributed by atoms with Crippen LogP contribution in [0.1, 0.15) is 13.3 Å². The zero-order valence-electron chi connectivity index (χ0n) is 7.44. The van der Waals surface area contributed by atoms with E-state index in [9.17, 15) is 0 Å². The Hall–Kier alpha value is -0.930. The van der Waals surface area contributed by atoms with Crippen LogP contribution in [0.5, 0.6) is 0 Å². The second-order valence-electron chi connectivity index (χ2n) is 2.68. The van der Waals surface area contributed by atoms with Gasteiger partial charge in [0.2, 0.25) is 0 Å². The monoisotopic (exact) mass is 197 g/mol. The molecule has 1 heterocycles. The summed E-state index contributed by atoms with van der Waals surface area (Å²) in [6.45, 7) is 2.01. The first-order valence-corrected chi connectivity index (χ1v) is 4.51. The highest BCUT2D eigenvalue weighted by Crippen LogP contribution is 2.11. The summed E-state index contributed by atoms with van der Waals surface area (Å²) in [5.74, 6) is 0.633. The van der Waals surface area contributed by atoms with Crippen LogP contribution in [0, 0.1) is 0 Å². The third kappa shape index (κ3) is 3.53. The largest absolute Gasteiger partial charge is 0.323 e. The highest BCUT2D eigenvalue weighted by atomic mass is 35.5. The Kier molecular flexibility index (Phi) is 3.86. The van der Waals surface area contributed by atoms with E-state index in [1.54, 1.807) is 24.5 Å². The lowest BCUT2D eigenvalue weighted by atomic mass is 10.3. The van der Waals surface area contributed by atoms with E-state index in [4.69, 9.17) is 17.3 Å². The molecule has 1 aromatic heterocycles. The molecule has 0 bridgehead atoms. The molecule has 2 N–H and O–H groups in total. The van der Waals surface area contributed by atoms with Gasteiger partial charge < -0.3 is 5.73 Å². The molecule has 4 heteroatoms. The van der Waals surface area contributed by atoms with E-state index in [2.05, 4.69) is 9.98 Å². The van der Waals surface area contributed by atoms with Crippen LogP contribution in [0.3, 0.4) is 0 Å². The highest BCUT2D eigenvalue weighted by molar-refractivity contribution is 6.30. The summed E-state index contributed by atoms with van der Waals surface area (Å²) in [6, 6.07) is 3.50. The van der Waals surface area contributed by atoms with Gasteiger partial charge in [-0.2, -0.15) is 0 Å². The molecule has 0 radical (unpaired) electrons. The van der Waals surface area contributed by atoms with E-state index in [0.29, 0.717) is 10.8 Å². The van der Waals surface area contributed by atoms with E-state index in [1.807, 2.05) is 6.92 Å². The van der Waals surface area contributed by atoms with Crippen molar-refractivity contribution in [3.05, 3.63) is 23.4 Å². The Morgan fingerprint density at radius 2 is 2.46 bits per heavy atom. The smallest absolute Gasteiger partial charge is 0.151 e. The molecular weight excluding hydrogens is 186 g/mol. The molecule has 0 spiro atoms. The minimum Gasteiger partial charge on any atom is -0.323 e. The predicted octanol–water partition coefficient (Wildman–Crippen LogP) is 2.17. The lowest BCUT2D eigenvalue weighted by Gasteiger charge is -1.98. The Bertz CT molecular complexity index is 281. The van der Waals surface area contributed by atoms with Crippen molar-refractivity contribution in [2.24, 2.45) is 10.7 Å². The fraction of sp³-hybridized carbons (Fsp3) is 0.333. The van der Waals surface area contributed by atoms with E-state index >= 15 is 0 Å². The number of aromatic nitrogens is 1. The molecule has 1 aromatic rings. The average molecular weight is 198 g/mol. The summed E-state index contributed by atoms with van der Waals surface area (Å²) in [7, 11) is 0. The number of nitrogens with zero attached hydrogens (tertiary/aromatic N) is 2. The maximum absolute atomic E-state index is 5.66. The first kappa shape index (κ1) is 10.2. The maximum atomic E-state index is 5.66. The molecule has 1 rings (SSSR count). The van der Waals surface area contributed by atoms with Gasteiger partial charge in [-0.3, -0.25) is 0 Å². The van der Waals surface area contributed by atoms with Gasteiger partial charge in [0.15, 0.2) is 5.82 Å². The minimum atomic E-state index is -0.00234. The van der Waals surface area contributed by atoms with Crippen molar-refractivity contribution in [2.45, 2.75) is 19.4 Å². The van der Waals surface area contributed by atoms with Crippen LogP contribution in [-0.2, 0) is 0 Å². The zero-order chi connectivity index (χ0) is 9.68. The summed E-state index contributed by atoms with van der Waals surface area (Å²) in [5.41, 5.74) is 5.65. The van der Waals surface area contributed by atoms with E-state index in [-0.39, 0.29) is 6.04 Å². The number of pyridine rings is 1. The molecule has 0 aliphatic heterocycles. The molecule has 0 unspecified atom stereocenters. The first-order chi connectivity index (χ1) is 6.22. The number of hydrogen-bond donors (Lipinski definition) is 1. The van der Waals surface area contributed by atoms with Gasteiger partial charge in [-0.05, 0) is 18.6 Å². The second kappa shape index (κ2) is 4.94. The van der Waals surface area contributed by atoms with Crippen molar-refractivity contribution in [3.8, 4) is 0 Å². The molecular formula is C9H12ClN3. The minimum absolute atomic E-state index is 0.00234. The molecule has 0 aliphatic rings. The van der Waals surface area contributed by atoms with Gasteiger partial charge in [-0.1, -0.05) is 18.5 Å². The molecule has 0 amide bonds. The molecule has 70 valence electrons. The molecule has 0 aliphatic carbocycles. The van der Waals surface area contributed by atoms with E-state index in [0.717, 1.165) is 6.42 Å². The topological polar surface area (TPSA) is 51.3 Å². The highest BCUT2D eigenvalue weighted by Gasteiger charge is 1.93. The second-order valence-corrected chi connectivity index (χ2v) is 3.12. The molecule has 0 saturated heterocycles. The summed E-state index contributed by atoms with van der Waals surface area (Å²) < 4.78 is 0. The first-order valence-electron chi connectivity index (χ1n) is 4.13. The van der Waals surface area contributed by atoms with Gasteiger partial charge in [0.25, 0.3) is 0 Å². The molecule has 0 aromatic carbocycles. The summed E-state index contributed by atoms with van der Waals surface area (Å²) in [4.78, 5) is 8.10. The van der Waals surface area contributed by atoms with Gasteiger partial charge in [0.1, 0.15) is 0 Å². The van der Waals surface area contributed by atoms with Crippen molar-refractivity contribution < 1.29 is 0 Å². The van der Waals surface area contributed by atoms with Crippen molar-refractivity contribution in [3.63, 3.8) is 0 Å². The number of rotatable bonds is 3. The van der Waals surface area contributed by atoms with Crippen LogP contribution in [0.25, 0.3) is 0 Å². The van der Waals surface area contributed by atoms with Gasteiger partial charge >= 0.3 is 0 Å². The van der Waals surface area contributed by atoms with Crippen LogP contribution in [0.4, 0.5) is 5.82 Å². The molecule has 3 nitrogen and oxygen atoms in total. The van der Waals surface area contributed by atoms with Gasteiger partial charge in [-0.15, -0.1) is 0 Å². The third-order valence-electron chi connectivity index (χ3n) is 1.58. The van der Waals surface area contributed by atoms with Crippen LogP contribution in [-0.4, -0.2) is 17.2 Å².